The first-order chi connectivity index (χ1) is 20.7. The summed E-state index contributed by atoms with van der Waals surface area (Å²) in [6.07, 6.45) is -8.45. The van der Waals surface area contributed by atoms with Crippen LogP contribution in [0.15, 0.2) is 54.6 Å². The van der Waals surface area contributed by atoms with Crippen molar-refractivity contribution in [3.05, 3.63) is 92.5 Å². The molecule has 13 heteroatoms. The number of nitrogens with two attached hydrogens (primary N) is 1. The van der Waals surface area contributed by atoms with Gasteiger partial charge in [0.15, 0.2) is 5.75 Å². The quantitative estimate of drug-likeness (QED) is 0.157. The lowest BCUT2D eigenvalue weighted by atomic mass is 9.96. The van der Waals surface area contributed by atoms with Crippen molar-refractivity contribution in [2.24, 2.45) is 11.7 Å². The molecule has 1 amide bonds. The largest absolute Gasteiger partial charge is 0.490 e. The average molecular weight is 663 g/mol. The highest BCUT2D eigenvalue weighted by Crippen LogP contribution is 2.39. The van der Waals surface area contributed by atoms with Gasteiger partial charge in [0.05, 0.1) is 27.1 Å². The molecule has 0 aromatic heterocycles. The summed E-state index contributed by atoms with van der Waals surface area (Å²) in [5, 5.41) is 0.776. The minimum absolute atomic E-state index is 0.101. The Balaban J connectivity index is 1.40. The highest BCUT2D eigenvalue weighted by molar-refractivity contribution is 6.37. The van der Waals surface area contributed by atoms with Gasteiger partial charge in [-0.1, -0.05) is 35.3 Å². The Morgan fingerprint density at radius 3 is 2.09 bits per heavy atom. The number of benzene rings is 3. The van der Waals surface area contributed by atoms with E-state index in [9.17, 15) is 31.1 Å². The number of hydrogen-bond donors (Lipinski definition) is 1. The molecule has 0 aliphatic heterocycles. The topological polar surface area (TPSA) is 64.8 Å². The van der Waals surface area contributed by atoms with Crippen LogP contribution in [-0.2, 0) is 30.1 Å². The van der Waals surface area contributed by atoms with E-state index < -0.39 is 47.4 Å². The van der Waals surface area contributed by atoms with Crippen LogP contribution in [-0.4, -0.2) is 36.6 Å². The van der Waals surface area contributed by atoms with Crippen LogP contribution in [0.4, 0.5) is 26.3 Å². The Morgan fingerprint density at radius 1 is 0.932 bits per heavy atom. The molecule has 0 heterocycles. The number of nitrogens with zero attached hydrogens (tertiary/aromatic N) is 1. The number of rotatable bonds is 12. The maximum Gasteiger partial charge on any atom is 0.416 e. The van der Waals surface area contributed by atoms with Crippen molar-refractivity contribution in [1.82, 2.24) is 4.90 Å². The Bertz CT molecular complexity index is 1440. The van der Waals surface area contributed by atoms with Crippen molar-refractivity contribution >= 4 is 29.1 Å². The minimum Gasteiger partial charge on any atom is -0.490 e. The SMILES string of the molecule is Cc1cc(Cl)c(OCCOc2ccc(CC(CN)C(=O)N(Cc3cc(C(F)(F)F)ccc3C(F)(F)F)C3CC3)cc2)c(Cl)c1. The highest BCUT2D eigenvalue weighted by atomic mass is 35.5. The van der Waals surface area contributed by atoms with E-state index in [-0.39, 0.29) is 32.2 Å². The maximum absolute atomic E-state index is 13.7. The molecule has 1 atom stereocenters. The van der Waals surface area contributed by atoms with Gasteiger partial charge in [0.1, 0.15) is 19.0 Å². The fraction of sp³-hybridized carbons (Fsp3) is 0.387. The van der Waals surface area contributed by atoms with Gasteiger partial charge in [-0.3, -0.25) is 4.79 Å². The molecule has 1 unspecified atom stereocenters. The van der Waals surface area contributed by atoms with Crippen LogP contribution in [0, 0.1) is 12.8 Å². The van der Waals surface area contributed by atoms with Gasteiger partial charge in [-0.15, -0.1) is 0 Å². The summed E-state index contributed by atoms with van der Waals surface area (Å²) >= 11 is 12.4. The van der Waals surface area contributed by atoms with Crippen LogP contribution in [0.1, 0.15) is 40.7 Å². The molecule has 3 aromatic rings. The second-order valence-corrected chi connectivity index (χ2v) is 11.4. The first-order valence-corrected chi connectivity index (χ1v) is 14.5. The van der Waals surface area contributed by atoms with E-state index in [1.807, 2.05) is 6.92 Å². The van der Waals surface area contributed by atoms with E-state index >= 15 is 0 Å². The number of ether oxygens (including phenoxy) is 2. The molecule has 0 saturated heterocycles. The molecule has 0 radical (unpaired) electrons. The first-order valence-electron chi connectivity index (χ1n) is 13.8. The number of carbonyl (C=O) groups excluding carboxylic acids is 1. The number of carbonyl (C=O) groups is 1. The lowest BCUT2D eigenvalue weighted by Gasteiger charge is -2.28. The van der Waals surface area contributed by atoms with Gasteiger partial charge in [0, 0.05) is 19.1 Å². The van der Waals surface area contributed by atoms with Gasteiger partial charge in [-0.2, -0.15) is 26.3 Å². The predicted octanol–water partition coefficient (Wildman–Crippen LogP) is 8.11. The molecule has 1 fully saturated rings. The van der Waals surface area contributed by atoms with Gasteiger partial charge in [0.25, 0.3) is 0 Å². The second kappa shape index (κ2) is 13.9. The molecule has 1 aliphatic carbocycles. The van der Waals surface area contributed by atoms with Gasteiger partial charge in [-0.05, 0) is 85.3 Å². The number of aryl methyl sites for hydroxylation is 1. The number of alkyl halides is 6. The van der Waals surface area contributed by atoms with E-state index in [0.29, 0.717) is 52.6 Å². The minimum atomic E-state index is -4.89. The summed E-state index contributed by atoms with van der Waals surface area (Å²) in [6, 6.07) is 11.2. The Kier molecular flexibility index (Phi) is 10.6. The van der Waals surface area contributed by atoms with Crippen molar-refractivity contribution in [3.63, 3.8) is 0 Å². The molecular formula is C31H30Cl2F6N2O3. The van der Waals surface area contributed by atoms with Gasteiger partial charge in [-0.25, -0.2) is 0 Å². The normalized spacial score (nSPS) is 14.3. The predicted molar refractivity (Wildman–Crippen MR) is 155 cm³/mol. The molecule has 4 rings (SSSR count). The lowest BCUT2D eigenvalue weighted by Crippen LogP contribution is -2.41. The molecule has 44 heavy (non-hydrogen) atoms. The van der Waals surface area contributed by atoms with Crippen LogP contribution in [0.3, 0.4) is 0 Å². The molecule has 3 aromatic carbocycles. The summed E-state index contributed by atoms with van der Waals surface area (Å²) in [4.78, 5) is 14.7. The molecule has 238 valence electrons. The zero-order valence-electron chi connectivity index (χ0n) is 23.6. The van der Waals surface area contributed by atoms with Crippen molar-refractivity contribution in [2.75, 3.05) is 19.8 Å². The van der Waals surface area contributed by atoms with E-state index in [4.69, 9.17) is 38.4 Å². The van der Waals surface area contributed by atoms with Gasteiger partial charge in [0.2, 0.25) is 5.91 Å². The van der Waals surface area contributed by atoms with Crippen molar-refractivity contribution < 1.29 is 40.6 Å². The third-order valence-corrected chi connectivity index (χ3v) is 7.69. The molecule has 0 spiro atoms. The van der Waals surface area contributed by atoms with Crippen molar-refractivity contribution in [2.45, 2.75) is 51.1 Å². The van der Waals surface area contributed by atoms with Gasteiger partial charge >= 0.3 is 12.4 Å². The second-order valence-electron chi connectivity index (χ2n) is 10.6. The molecular weight excluding hydrogens is 633 g/mol. The van der Waals surface area contributed by atoms with Crippen molar-refractivity contribution in [1.29, 1.82) is 0 Å². The molecule has 1 aliphatic rings. The fourth-order valence-electron chi connectivity index (χ4n) is 4.77. The number of hydrogen-bond acceptors (Lipinski definition) is 4. The zero-order chi connectivity index (χ0) is 32.2. The number of amides is 1. The Hall–Kier alpha value is -3.15. The zero-order valence-corrected chi connectivity index (χ0v) is 25.1. The smallest absolute Gasteiger partial charge is 0.416 e. The van der Waals surface area contributed by atoms with Crippen LogP contribution in [0.5, 0.6) is 11.5 Å². The van der Waals surface area contributed by atoms with Crippen LogP contribution < -0.4 is 15.2 Å². The fourth-order valence-corrected chi connectivity index (χ4v) is 5.48. The monoisotopic (exact) mass is 662 g/mol. The maximum atomic E-state index is 13.7. The van der Waals surface area contributed by atoms with Crippen molar-refractivity contribution in [3.8, 4) is 11.5 Å². The lowest BCUT2D eigenvalue weighted by molar-refractivity contribution is -0.143. The molecule has 1 saturated carbocycles. The Morgan fingerprint density at radius 2 is 1.55 bits per heavy atom. The number of halogens is 8. The van der Waals surface area contributed by atoms with E-state index in [1.165, 1.54) is 4.90 Å². The van der Waals surface area contributed by atoms with Gasteiger partial charge < -0.3 is 20.1 Å². The van der Waals surface area contributed by atoms with E-state index in [2.05, 4.69) is 0 Å². The first kappa shape index (κ1) is 33.7. The summed E-state index contributed by atoms with van der Waals surface area (Å²) in [5.74, 6) is -0.414. The standard InChI is InChI=1S/C31H30Cl2F6N2O3/c1-18-12-26(32)28(27(33)13-18)44-11-10-43-24-7-2-19(3-8-24)14-20(16-40)29(42)41(23-5-6-23)17-21-15-22(30(34,35)36)4-9-25(21)31(37,38)39/h2-4,7-9,12-13,15,20,23H,5-6,10-11,14,16-17,40H2,1H3. The summed E-state index contributed by atoms with van der Waals surface area (Å²) in [6.45, 7) is 1.52. The summed E-state index contributed by atoms with van der Waals surface area (Å²) < 4.78 is 92.3. The molecule has 2 N–H and O–H groups in total. The molecule has 0 bridgehead atoms. The third-order valence-electron chi connectivity index (χ3n) is 7.13. The third kappa shape index (κ3) is 8.73. The summed E-state index contributed by atoms with van der Waals surface area (Å²) in [7, 11) is 0. The molecule has 5 nitrogen and oxygen atoms in total. The van der Waals surface area contributed by atoms with E-state index in [1.54, 1.807) is 36.4 Å². The van der Waals surface area contributed by atoms with E-state index in [0.717, 1.165) is 11.1 Å². The Labute approximate surface area is 260 Å². The van der Waals surface area contributed by atoms with Crippen LogP contribution in [0.25, 0.3) is 0 Å². The highest BCUT2D eigenvalue weighted by Gasteiger charge is 2.40. The summed E-state index contributed by atoms with van der Waals surface area (Å²) in [5.41, 5.74) is 4.50. The average Bonchev–Trinajstić information content (AvgIpc) is 3.78. The van der Waals surface area contributed by atoms with Crippen LogP contribution in [0.2, 0.25) is 10.0 Å². The van der Waals surface area contributed by atoms with Crippen LogP contribution >= 0.6 is 23.2 Å².